The Hall–Kier alpha value is 0. The van der Waals surface area contributed by atoms with E-state index in [4.69, 9.17) is 0 Å². The zero-order chi connectivity index (χ0) is 8.11. The van der Waals surface area contributed by atoms with Crippen molar-refractivity contribution in [2.24, 2.45) is 16.7 Å². The number of hydrogen-bond acceptors (Lipinski definition) is 0. The van der Waals surface area contributed by atoms with Gasteiger partial charge < -0.3 is 0 Å². The second kappa shape index (κ2) is 2.02. The molecule has 0 aliphatic heterocycles. The Labute approximate surface area is 70.4 Å². The van der Waals surface area contributed by atoms with E-state index in [0.29, 0.717) is 0 Å². The van der Waals surface area contributed by atoms with Gasteiger partial charge in [-0.05, 0) is 48.9 Å². The van der Waals surface area contributed by atoms with Crippen molar-refractivity contribution in [3.8, 4) is 0 Å². The van der Waals surface area contributed by atoms with E-state index < -0.39 is 0 Å². The fourth-order valence-electron chi connectivity index (χ4n) is 3.79. The Kier molecular flexibility index (Phi) is 1.41. The van der Waals surface area contributed by atoms with E-state index in [2.05, 4.69) is 20.8 Å². The van der Waals surface area contributed by atoms with E-state index in [1.54, 1.807) is 0 Å². The summed E-state index contributed by atoms with van der Waals surface area (Å²) in [4.78, 5) is 0. The molecule has 0 atom stereocenters. The second-order valence-electron chi connectivity index (χ2n) is 5.76. The molecule has 0 N–H and O–H groups in total. The minimum absolute atomic E-state index is 0.787. The fraction of sp³-hybridized carbons (Fsp3) is 1.00. The van der Waals surface area contributed by atoms with Crippen LogP contribution in [0.2, 0.25) is 0 Å². The highest BCUT2D eigenvalue weighted by molar-refractivity contribution is 5.08. The van der Waals surface area contributed by atoms with E-state index in [1.807, 2.05) is 0 Å². The van der Waals surface area contributed by atoms with Gasteiger partial charge in [0.1, 0.15) is 0 Å². The van der Waals surface area contributed by atoms with Crippen molar-refractivity contribution in [3.05, 3.63) is 0 Å². The molecule has 0 saturated heterocycles. The highest BCUT2D eigenvalue weighted by Crippen LogP contribution is 2.68. The van der Waals surface area contributed by atoms with Gasteiger partial charge in [-0.15, -0.1) is 0 Å². The van der Waals surface area contributed by atoms with Crippen molar-refractivity contribution in [1.29, 1.82) is 0 Å². The Morgan fingerprint density at radius 3 is 2.18 bits per heavy atom. The predicted molar refractivity (Wildman–Crippen MR) is 48.5 cm³/mol. The van der Waals surface area contributed by atoms with Crippen molar-refractivity contribution < 1.29 is 0 Å². The van der Waals surface area contributed by atoms with Gasteiger partial charge in [0.05, 0.1) is 0 Å². The van der Waals surface area contributed by atoms with Gasteiger partial charge in [-0.1, -0.05) is 20.8 Å². The molecule has 0 unspecified atom stereocenters. The first-order valence-corrected chi connectivity index (χ1v) is 5.04. The van der Waals surface area contributed by atoms with E-state index >= 15 is 0 Å². The highest BCUT2D eigenvalue weighted by Gasteiger charge is 2.57. The molecule has 11 heavy (non-hydrogen) atoms. The molecule has 0 spiro atoms. The minimum atomic E-state index is 0.787. The van der Waals surface area contributed by atoms with Crippen LogP contribution in [0.15, 0.2) is 0 Å². The maximum Gasteiger partial charge on any atom is -0.0284 e. The summed E-state index contributed by atoms with van der Waals surface area (Å²) in [5, 5.41) is 0. The van der Waals surface area contributed by atoms with Crippen LogP contribution in [-0.4, -0.2) is 0 Å². The molecule has 0 aromatic carbocycles. The Bertz CT molecular complexity index is 161. The standard InChI is InChI=1S/C11H20/c1-9(2)6-11-5-4-10(3,7-11)8-11/h9H,4-8H2,1-3H3. The summed E-state index contributed by atoms with van der Waals surface area (Å²) >= 11 is 0. The van der Waals surface area contributed by atoms with Crippen LogP contribution < -0.4 is 0 Å². The van der Waals surface area contributed by atoms with Gasteiger partial charge in [-0.2, -0.15) is 0 Å². The zero-order valence-electron chi connectivity index (χ0n) is 8.11. The molecule has 0 aromatic heterocycles. The third-order valence-corrected chi connectivity index (χ3v) is 3.70. The van der Waals surface area contributed by atoms with Gasteiger partial charge in [0.15, 0.2) is 0 Å². The van der Waals surface area contributed by atoms with Crippen LogP contribution in [0, 0.1) is 16.7 Å². The van der Waals surface area contributed by atoms with Crippen LogP contribution in [0.25, 0.3) is 0 Å². The smallest absolute Gasteiger partial charge is 0.0284 e. The molecule has 3 aliphatic rings. The van der Waals surface area contributed by atoms with Crippen LogP contribution in [0.1, 0.15) is 52.9 Å². The van der Waals surface area contributed by atoms with Crippen LogP contribution >= 0.6 is 0 Å². The summed E-state index contributed by atoms with van der Waals surface area (Å²) in [6.07, 6.45) is 7.61. The lowest BCUT2D eigenvalue weighted by Crippen LogP contribution is -2.36. The highest BCUT2D eigenvalue weighted by atomic mass is 14.6. The molecule has 2 bridgehead atoms. The molecule has 3 aliphatic carbocycles. The van der Waals surface area contributed by atoms with Crippen molar-refractivity contribution in [2.45, 2.75) is 52.9 Å². The predicted octanol–water partition coefficient (Wildman–Crippen LogP) is 3.61. The van der Waals surface area contributed by atoms with Gasteiger partial charge in [0.25, 0.3) is 0 Å². The topological polar surface area (TPSA) is 0 Å². The normalized spacial score (nSPS) is 48.0. The molecule has 0 nitrogen and oxygen atoms in total. The van der Waals surface area contributed by atoms with Gasteiger partial charge in [-0.25, -0.2) is 0 Å². The van der Waals surface area contributed by atoms with Crippen molar-refractivity contribution in [2.75, 3.05) is 0 Å². The Balaban J connectivity index is 1.97. The van der Waals surface area contributed by atoms with Crippen LogP contribution in [-0.2, 0) is 0 Å². The molecule has 3 rings (SSSR count). The molecule has 64 valence electrons. The van der Waals surface area contributed by atoms with Crippen molar-refractivity contribution in [3.63, 3.8) is 0 Å². The second-order valence-corrected chi connectivity index (χ2v) is 5.76. The Morgan fingerprint density at radius 1 is 1.18 bits per heavy atom. The van der Waals surface area contributed by atoms with Crippen molar-refractivity contribution >= 4 is 0 Å². The maximum absolute atomic E-state index is 2.47. The first kappa shape index (κ1) is 7.64. The molecular weight excluding hydrogens is 132 g/mol. The summed E-state index contributed by atoms with van der Waals surface area (Å²) in [6.45, 7) is 7.20. The summed E-state index contributed by atoms with van der Waals surface area (Å²) in [5.41, 5.74) is 1.61. The lowest BCUT2D eigenvalue weighted by atomic mass is 9.59. The average Bonchev–Trinajstić information content (AvgIpc) is 2.17. The third-order valence-electron chi connectivity index (χ3n) is 3.70. The summed E-state index contributed by atoms with van der Waals surface area (Å²) in [6, 6.07) is 0. The molecule has 0 heterocycles. The summed E-state index contributed by atoms with van der Waals surface area (Å²) < 4.78 is 0. The van der Waals surface area contributed by atoms with Gasteiger partial charge in [0.2, 0.25) is 0 Å². The van der Waals surface area contributed by atoms with E-state index in [1.165, 1.54) is 32.1 Å². The van der Waals surface area contributed by atoms with Crippen LogP contribution in [0.5, 0.6) is 0 Å². The monoisotopic (exact) mass is 152 g/mol. The molecule has 3 saturated carbocycles. The molecular formula is C11H20. The van der Waals surface area contributed by atoms with E-state index in [0.717, 1.165) is 16.7 Å². The van der Waals surface area contributed by atoms with Gasteiger partial charge in [-0.3, -0.25) is 0 Å². The number of hydrogen-bond donors (Lipinski definition) is 0. The Morgan fingerprint density at radius 2 is 1.82 bits per heavy atom. The fourth-order valence-corrected chi connectivity index (χ4v) is 3.79. The molecule has 0 amide bonds. The van der Waals surface area contributed by atoms with Crippen LogP contribution in [0.3, 0.4) is 0 Å². The molecule has 0 radical (unpaired) electrons. The summed E-state index contributed by atoms with van der Waals surface area (Å²) in [7, 11) is 0. The summed E-state index contributed by atoms with van der Waals surface area (Å²) in [5.74, 6) is 0.914. The quantitative estimate of drug-likeness (QED) is 0.567. The van der Waals surface area contributed by atoms with Crippen molar-refractivity contribution in [1.82, 2.24) is 0 Å². The maximum atomic E-state index is 2.47. The molecule has 3 fully saturated rings. The average molecular weight is 152 g/mol. The third kappa shape index (κ3) is 1.11. The molecule has 0 aromatic rings. The number of fused-ring (bicyclic) bond motifs is 1. The van der Waals surface area contributed by atoms with E-state index in [-0.39, 0.29) is 0 Å². The lowest BCUT2D eigenvalue weighted by Gasteiger charge is -2.46. The van der Waals surface area contributed by atoms with Gasteiger partial charge in [0, 0.05) is 0 Å². The largest absolute Gasteiger partial charge is 0.0628 e. The van der Waals surface area contributed by atoms with Gasteiger partial charge >= 0.3 is 0 Å². The molecule has 0 heteroatoms. The SMILES string of the molecule is CC(C)CC12CCC(C)(C1)C2. The van der Waals surface area contributed by atoms with E-state index in [9.17, 15) is 0 Å². The van der Waals surface area contributed by atoms with Crippen LogP contribution in [0.4, 0.5) is 0 Å². The number of rotatable bonds is 2. The zero-order valence-corrected chi connectivity index (χ0v) is 8.11. The minimum Gasteiger partial charge on any atom is -0.0628 e. The lowest BCUT2D eigenvalue weighted by molar-refractivity contribution is 0.0417. The first-order chi connectivity index (χ1) is 5.04. The first-order valence-electron chi connectivity index (χ1n) is 5.04.